The van der Waals surface area contributed by atoms with E-state index < -0.39 is 5.60 Å². The Morgan fingerprint density at radius 1 is 1.37 bits per heavy atom. The number of ether oxygens (including phenoxy) is 1. The van der Waals surface area contributed by atoms with E-state index in [1.54, 1.807) is 6.92 Å². The lowest BCUT2D eigenvalue weighted by Crippen LogP contribution is -2.43. The van der Waals surface area contributed by atoms with E-state index >= 15 is 0 Å². The zero-order valence-electron chi connectivity index (χ0n) is 11.9. The highest BCUT2D eigenvalue weighted by Gasteiger charge is 2.21. The monoisotopic (exact) mass is 265 g/mol. The van der Waals surface area contributed by atoms with Gasteiger partial charge in [-0.25, -0.2) is 0 Å². The van der Waals surface area contributed by atoms with Crippen molar-refractivity contribution < 1.29 is 14.6 Å². The molecule has 19 heavy (non-hydrogen) atoms. The number of amides is 1. The van der Waals surface area contributed by atoms with Gasteiger partial charge >= 0.3 is 0 Å². The number of benzene rings is 1. The van der Waals surface area contributed by atoms with Crippen LogP contribution in [0.2, 0.25) is 0 Å². The predicted molar refractivity (Wildman–Crippen MR) is 75.3 cm³/mol. The maximum Gasteiger partial charge on any atom is 0.251 e. The molecule has 1 aromatic carbocycles. The maximum absolute atomic E-state index is 11.9. The Labute approximate surface area is 114 Å². The van der Waals surface area contributed by atoms with Gasteiger partial charge < -0.3 is 15.2 Å². The minimum absolute atomic E-state index is 0.163. The summed E-state index contributed by atoms with van der Waals surface area (Å²) in [7, 11) is 1.52. The highest BCUT2D eigenvalue weighted by Crippen LogP contribution is 2.07. The average molecular weight is 265 g/mol. The average Bonchev–Trinajstić information content (AvgIpc) is 2.37. The lowest BCUT2D eigenvalue weighted by molar-refractivity contribution is -0.0147. The molecular weight excluding hydrogens is 242 g/mol. The Morgan fingerprint density at radius 3 is 2.53 bits per heavy atom. The van der Waals surface area contributed by atoms with Crippen LogP contribution in [0.1, 0.15) is 36.2 Å². The van der Waals surface area contributed by atoms with Gasteiger partial charge in [-0.2, -0.15) is 0 Å². The summed E-state index contributed by atoms with van der Waals surface area (Å²) in [4.78, 5) is 11.9. The summed E-state index contributed by atoms with van der Waals surface area (Å²) >= 11 is 0. The van der Waals surface area contributed by atoms with Crippen molar-refractivity contribution in [3.05, 3.63) is 35.4 Å². The van der Waals surface area contributed by atoms with Gasteiger partial charge in [0.25, 0.3) is 5.91 Å². The first-order valence-corrected chi connectivity index (χ1v) is 6.57. The van der Waals surface area contributed by atoms with Crippen LogP contribution in [0.25, 0.3) is 0 Å². The van der Waals surface area contributed by atoms with E-state index in [9.17, 15) is 9.90 Å². The van der Waals surface area contributed by atoms with Crippen LogP contribution >= 0.6 is 0 Å². The molecule has 0 heterocycles. The molecule has 1 amide bonds. The van der Waals surface area contributed by atoms with Crippen LogP contribution in [0.5, 0.6) is 0 Å². The van der Waals surface area contributed by atoms with Crippen LogP contribution in [-0.4, -0.2) is 36.9 Å². The molecule has 0 saturated heterocycles. The lowest BCUT2D eigenvalue weighted by atomic mass is 10.1. The molecule has 4 nitrogen and oxygen atoms in total. The van der Waals surface area contributed by atoms with E-state index in [0.29, 0.717) is 5.56 Å². The first-order valence-electron chi connectivity index (χ1n) is 6.57. The molecule has 0 aliphatic carbocycles. The van der Waals surface area contributed by atoms with E-state index in [-0.39, 0.29) is 19.1 Å². The summed E-state index contributed by atoms with van der Waals surface area (Å²) < 4.78 is 4.89. The summed E-state index contributed by atoms with van der Waals surface area (Å²) in [5.41, 5.74) is 0.783. The largest absolute Gasteiger partial charge is 0.386 e. The third kappa shape index (κ3) is 5.41. The fourth-order valence-corrected chi connectivity index (χ4v) is 1.85. The number of hydrogen-bond donors (Lipinski definition) is 2. The molecule has 0 aliphatic heterocycles. The molecule has 0 aliphatic rings. The van der Waals surface area contributed by atoms with Crippen molar-refractivity contribution in [3.8, 4) is 0 Å². The summed E-state index contributed by atoms with van der Waals surface area (Å²) in [6.07, 6.45) is 2.11. The third-order valence-corrected chi connectivity index (χ3v) is 2.84. The Kier molecular flexibility index (Phi) is 5.99. The van der Waals surface area contributed by atoms with E-state index in [1.165, 1.54) is 12.7 Å². The molecule has 0 spiro atoms. The van der Waals surface area contributed by atoms with Crippen molar-refractivity contribution in [2.24, 2.45) is 0 Å². The molecule has 0 bridgehead atoms. The molecule has 0 radical (unpaired) electrons. The van der Waals surface area contributed by atoms with Gasteiger partial charge in [-0.15, -0.1) is 0 Å². The molecule has 4 heteroatoms. The SMILES string of the molecule is CCCc1ccc(C(=O)NCC(C)(O)COC)cc1. The van der Waals surface area contributed by atoms with Crippen LogP contribution in [-0.2, 0) is 11.2 Å². The molecule has 0 saturated carbocycles. The van der Waals surface area contributed by atoms with Crippen LogP contribution in [0, 0.1) is 0 Å². The van der Waals surface area contributed by atoms with Crippen molar-refractivity contribution in [1.82, 2.24) is 5.32 Å². The van der Waals surface area contributed by atoms with E-state index in [1.807, 2.05) is 24.3 Å². The molecule has 1 aromatic rings. The summed E-state index contributed by atoms with van der Waals surface area (Å²) in [6, 6.07) is 7.55. The van der Waals surface area contributed by atoms with E-state index in [2.05, 4.69) is 12.2 Å². The Morgan fingerprint density at radius 2 is 2.00 bits per heavy atom. The van der Waals surface area contributed by atoms with Crippen LogP contribution in [0.4, 0.5) is 0 Å². The topological polar surface area (TPSA) is 58.6 Å². The number of rotatable bonds is 7. The highest BCUT2D eigenvalue weighted by molar-refractivity contribution is 5.94. The van der Waals surface area contributed by atoms with E-state index in [4.69, 9.17) is 4.74 Å². The summed E-state index contributed by atoms with van der Waals surface area (Å²) in [6.45, 7) is 4.10. The molecule has 0 fully saturated rings. The number of aryl methyl sites for hydroxylation is 1. The third-order valence-electron chi connectivity index (χ3n) is 2.84. The highest BCUT2D eigenvalue weighted by atomic mass is 16.5. The van der Waals surface area contributed by atoms with Crippen molar-refractivity contribution in [2.75, 3.05) is 20.3 Å². The number of hydrogen-bond acceptors (Lipinski definition) is 3. The maximum atomic E-state index is 11.9. The predicted octanol–water partition coefficient (Wildman–Crippen LogP) is 1.77. The van der Waals surface area contributed by atoms with Gasteiger partial charge in [-0.05, 0) is 31.0 Å². The molecule has 2 N–H and O–H groups in total. The van der Waals surface area contributed by atoms with E-state index in [0.717, 1.165) is 12.8 Å². The first-order chi connectivity index (χ1) is 8.98. The number of aliphatic hydroxyl groups is 1. The normalized spacial score (nSPS) is 13.9. The fraction of sp³-hybridized carbons (Fsp3) is 0.533. The smallest absolute Gasteiger partial charge is 0.251 e. The molecular formula is C15H23NO3. The Bertz CT molecular complexity index is 398. The number of methoxy groups -OCH3 is 1. The minimum Gasteiger partial charge on any atom is -0.386 e. The van der Waals surface area contributed by atoms with Gasteiger partial charge in [-0.1, -0.05) is 25.5 Å². The zero-order chi connectivity index (χ0) is 14.3. The minimum atomic E-state index is -1.05. The summed E-state index contributed by atoms with van der Waals surface area (Å²) in [5.74, 6) is -0.181. The number of carbonyl (C=O) groups is 1. The van der Waals surface area contributed by atoms with Gasteiger partial charge in [0.15, 0.2) is 0 Å². The van der Waals surface area contributed by atoms with Crippen molar-refractivity contribution in [1.29, 1.82) is 0 Å². The standard InChI is InChI=1S/C15H23NO3/c1-4-5-12-6-8-13(9-7-12)14(17)16-10-15(2,18)11-19-3/h6-9,18H,4-5,10-11H2,1-3H3,(H,16,17). The second kappa shape index (κ2) is 7.26. The van der Waals surface area contributed by atoms with Crippen LogP contribution in [0.15, 0.2) is 24.3 Å². The molecule has 1 rings (SSSR count). The molecule has 0 aromatic heterocycles. The fourth-order valence-electron chi connectivity index (χ4n) is 1.85. The first kappa shape index (κ1) is 15.7. The number of carbonyl (C=O) groups excluding carboxylic acids is 1. The van der Waals surface area contributed by atoms with Gasteiger partial charge in [0.2, 0.25) is 0 Å². The molecule has 1 unspecified atom stereocenters. The summed E-state index contributed by atoms with van der Waals surface area (Å²) in [5, 5.41) is 12.6. The Balaban J connectivity index is 2.53. The van der Waals surface area contributed by atoms with Crippen molar-refractivity contribution in [2.45, 2.75) is 32.3 Å². The lowest BCUT2D eigenvalue weighted by Gasteiger charge is -2.22. The van der Waals surface area contributed by atoms with Gasteiger partial charge in [-0.3, -0.25) is 4.79 Å². The second-order valence-corrected chi connectivity index (χ2v) is 5.06. The zero-order valence-corrected chi connectivity index (χ0v) is 11.9. The molecule has 1 atom stereocenters. The second-order valence-electron chi connectivity index (χ2n) is 5.06. The quantitative estimate of drug-likeness (QED) is 0.790. The van der Waals surface area contributed by atoms with Crippen molar-refractivity contribution in [3.63, 3.8) is 0 Å². The van der Waals surface area contributed by atoms with Crippen molar-refractivity contribution >= 4 is 5.91 Å². The Hall–Kier alpha value is -1.39. The molecule has 106 valence electrons. The van der Waals surface area contributed by atoms with Crippen LogP contribution < -0.4 is 5.32 Å². The van der Waals surface area contributed by atoms with Crippen LogP contribution in [0.3, 0.4) is 0 Å². The van der Waals surface area contributed by atoms with Gasteiger partial charge in [0.05, 0.1) is 6.61 Å². The van der Waals surface area contributed by atoms with Gasteiger partial charge in [0.1, 0.15) is 5.60 Å². The van der Waals surface area contributed by atoms with Gasteiger partial charge in [0, 0.05) is 19.2 Å². The number of nitrogens with one attached hydrogen (secondary N) is 1.